The number of oxime groups is 1. The first-order valence-electron chi connectivity index (χ1n) is 7.04. The summed E-state index contributed by atoms with van der Waals surface area (Å²) in [4.78, 5) is 2.06. The number of hydrogen-bond acceptors (Lipinski definition) is 4. The summed E-state index contributed by atoms with van der Waals surface area (Å²) < 4.78 is 0. The number of nitrogens with two attached hydrogens (primary N) is 1. The van der Waals surface area contributed by atoms with Crippen LogP contribution in [0.2, 0.25) is 0 Å². The topological polar surface area (TPSA) is 82.1 Å². The van der Waals surface area contributed by atoms with E-state index in [9.17, 15) is 5.11 Å². The lowest BCUT2D eigenvalue weighted by atomic mass is 9.91. The van der Waals surface area contributed by atoms with Crippen LogP contribution in [0.4, 0.5) is 5.69 Å². The van der Waals surface area contributed by atoms with E-state index >= 15 is 0 Å². The van der Waals surface area contributed by atoms with Gasteiger partial charge in [-0.15, -0.1) is 0 Å². The molecule has 1 saturated carbocycles. The number of nitrogens with zero attached hydrogens (tertiary/aromatic N) is 2. The van der Waals surface area contributed by atoms with Crippen LogP contribution in [0.15, 0.2) is 23.4 Å². The summed E-state index contributed by atoms with van der Waals surface area (Å²) in [6.45, 7) is 2.00. The van der Waals surface area contributed by atoms with E-state index in [0.29, 0.717) is 5.56 Å². The van der Waals surface area contributed by atoms with E-state index < -0.39 is 0 Å². The van der Waals surface area contributed by atoms with Gasteiger partial charge in [0.25, 0.3) is 0 Å². The fraction of sp³-hybridized carbons (Fsp3) is 0.533. The molecule has 1 aromatic rings. The van der Waals surface area contributed by atoms with Gasteiger partial charge in [-0.1, -0.05) is 24.1 Å². The third kappa shape index (κ3) is 2.88. The summed E-state index contributed by atoms with van der Waals surface area (Å²) >= 11 is 0. The molecule has 0 amide bonds. The molecule has 2 atom stereocenters. The van der Waals surface area contributed by atoms with Gasteiger partial charge in [-0.25, -0.2) is 0 Å². The molecule has 0 aliphatic heterocycles. The molecule has 110 valence electrons. The van der Waals surface area contributed by atoms with Crippen LogP contribution in [0, 0.1) is 6.92 Å². The third-order valence-corrected chi connectivity index (χ3v) is 4.11. The molecule has 1 aliphatic carbocycles. The Morgan fingerprint density at radius 3 is 2.70 bits per heavy atom. The van der Waals surface area contributed by atoms with Crippen LogP contribution < -0.4 is 10.6 Å². The van der Waals surface area contributed by atoms with Crippen molar-refractivity contribution in [2.45, 2.75) is 44.8 Å². The molecule has 5 heteroatoms. The molecule has 0 bridgehead atoms. The summed E-state index contributed by atoms with van der Waals surface area (Å²) in [5.74, 6) is 0.0946. The van der Waals surface area contributed by atoms with Gasteiger partial charge >= 0.3 is 0 Å². The van der Waals surface area contributed by atoms with Crippen molar-refractivity contribution in [3.05, 3.63) is 29.3 Å². The highest BCUT2D eigenvalue weighted by molar-refractivity contribution is 6.02. The van der Waals surface area contributed by atoms with Gasteiger partial charge in [0.05, 0.1) is 12.1 Å². The van der Waals surface area contributed by atoms with E-state index in [1.807, 2.05) is 32.2 Å². The molecule has 1 fully saturated rings. The predicted molar refractivity (Wildman–Crippen MR) is 80.4 cm³/mol. The maximum atomic E-state index is 10.2. The average molecular weight is 277 g/mol. The number of amidine groups is 1. The van der Waals surface area contributed by atoms with Gasteiger partial charge in [0, 0.05) is 18.3 Å². The maximum absolute atomic E-state index is 10.2. The summed E-state index contributed by atoms with van der Waals surface area (Å²) in [5.41, 5.74) is 8.45. The molecule has 0 saturated heterocycles. The molecule has 1 aliphatic rings. The quantitative estimate of drug-likeness (QED) is 0.341. The highest BCUT2D eigenvalue weighted by atomic mass is 16.4. The number of anilines is 1. The van der Waals surface area contributed by atoms with E-state index in [-0.39, 0.29) is 18.0 Å². The Morgan fingerprint density at radius 2 is 2.05 bits per heavy atom. The molecular weight excluding hydrogens is 254 g/mol. The summed E-state index contributed by atoms with van der Waals surface area (Å²) in [6, 6.07) is 5.87. The van der Waals surface area contributed by atoms with Gasteiger partial charge in [-0.3, -0.25) is 0 Å². The van der Waals surface area contributed by atoms with Crippen molar-refractivity contribution in [3.8, 4) is 0 Å². The van der Waals surface area contributed by atoms with Gasteiger partial charge < -0.3 is 20.9 Å². The summed E-state index contributed by atoms with van der Waals surface area (Å²) in [6.07, 6.45) is 3.67. The number of aryl methyl sites for hydroxylation is 1. The van der Waals surface area contributed by atoms with E-state index in [0.717, 1.165) is 36.9 Å². The Hall–Kier alpha value is -1.75. The molecule has 5 nitrogen and oxygen atoms in total. The van der Waals surface area contributed by atoms with Crippen LogP contribution in [-0.4, -0.2) is 35.3 Å². The van der Waals surface area contributed by atoms with Crippen molar-refractivity contribution in [1.29, 1.82) is 0 Å². The first-order valence-corrected chi connectivity index (χ1v) is 7.04. The second-order valence-electron chi connectivity index (χ2n) is 5.54. The van der Waals surface area contributed by atoms with Gasteiger partial charge in [0.15, 0.2) is 5.84 Å². The number of likely N-dealkylation sites (N-methyl/N-ethyl adjacent to an activating group) is 1. The standard InChI is InChI=1S/C15H23N3O2/c1-10-7-8-11(15(16)17-20)13(9-10)18(2)12-5-3-4-6-14(12)19/h7-9,12,14,19-20H,3-6H2,1-2H3,(H2,16,17). The zero-order chi connectivity index (χ0) is 14.7. The molecule has 2 unspecified atom stereocenters. The van der Waals surface area contributed by atoms with Crippen molar-refractivity contribution in [3.63, 3.8) is 0 Å². The Balaban J connectivity index is 2.37. The van der Waals surface area contributed by atoms with Crippen molar-refractivity contribution in [1.82, 2.24) is 0 Å². The van der Waals surface area contributed by atoms with Crippen LogP contribution in [-0.2, 0) is 0 Å². The Morgan fingerprint density at radius 1 is 1.35 bits per heavy atom. The molecule has 0 heterocycles. The van der Waals surface area contributed by atoms with Crippen LogP contribution in [0.1, 0.15) is 36.8 Å². The SMILES string of the molecule is Cc1ccc(/C(N)=N/O)c(N(C)C2CCCCC2O)c1. The molecule has 1 aromatic carbocycles. The smallest absolute Gasteiger partial charge is 0.172 e. The third-order valence-electron chi connectivity index (χ3n) is 4.11. The van der Waals surface area contributed by atoms with Gasteiger partial charge in [0.2, 0.25) is 0 Å². The second-order valence-corrected chi connectivity index (χ2v) is 5.54. The van der Waals surface area contributed by atoms with Crippen molar-refractivity contribution in [2.24, 2.45) is 10.9 Å². The van der Waals surface area contributed by atoms with E-state index in [2.05, 4.69) is 10.1 Å². The van der Waals surface area contributed by atoms with Crippen molar-refractivity contribution in [2.75, 3.05) is 11.9 Å². The molecule has 4 N–H and O–H groups in total. The molecule has 0 radical (unpaired) electrons. The first kappa shape index (κ1) is 14.7. The normalized spacial score (nSPS) is 23.6. The number of aliphatic hydroxyl groups excluding tert-OH is 1. The number of benzene rings is 1. The van der Waals surface area contributed by atoms with Crippen LogP contribution >= 0.6 is 0 Å². The largest absolute Gasteiger partial charge is 0.409 e. The van der Waals surface area contributed by atoms with Gasteiger partial charge in [0.1, 0.15) is 0 Å². The Labute approximate surface area is 119 Å². The van der Waals surface area contributed by atoms with Crippen LogP contribution in [0.3, 0.4) is 0 Å². The van der Waals surface area contributed by atoms with Gasteiger partial charge in [-0.05, 0) is 37.5 Å². The maximum Gasteiger partial charge on any atom is 0.172 e. The predicted octanol–water partition coefficient (Wildman–Crippen LogP) is 1.83. The minimum absolute atomic E-state index is 0.0794. The number of hydrogen-bond donors (Lipinski definition) is 3. The zero-order valence-corrected chi connectivity index (χ0v) is 12.1. The number of aliphatic hydroxyl groups is 1. The molecular formula is C15H23N3O2. The van der Waals surface area contributed by atoms with Crippen molar-refractivity contribution >= 4 is 11.5 Å². The minimum atomic E-state index is -0.325. The lowest BCUT2D eigenvalue weighted by Gasteiger charge is -2.37. The fourth-order valence-electron chi connectivity index (χ4n) is 2.93. The van der Waals surface area contributed by atoms with E-state index in [1.54, 1.807) is 0 Å². The van der Waals surface area contributed by atoms with Crippen LogP contribution in [0.25, 0.3) is 0 Å². The van der Waals surface area contributed by atoms with E-state index in [4.69, 9.17) is 10.9 Å². The molecule has 0 aromatic heterocycles. The number of rotatable bonds is 3. The minimum Gasteiger partial charge on any atom is -0.409 e. The highest BCUT2D eigenvalue weighted by Crippen LogP contribution is 2.29. The monoisotopic (exact) mass is 277 g/mol. The Bertz CT molecular complexity index is 502. The summed E-state index contributed by atoms with van der Waals surface area (Å²) in [5, 5.41) is 22.2. The Kier molecular flexibility index (Phi) is 4.49. The lowest BCUT2D eigenvalue weighted by molar-refractivity contribution is 0.106. The molecule has 0 spiro atoms. The second kappa shape index (κ2) is 6.13. The van der Waals surface area contributed by atoms with Crippen molar-refractivity contribution < 1.29 is 10.3 Å². The van der Waals surface area contributed by atoms with Crippen LogP contribution in [0.5, 0.6) is 0 Å². The lowest BCUT2D eigenvalue weighted by Crippen LogP contribution is -2.44. The fourth-order valence-corrected chi connectivity index (χ4v) is 2.93. The highest BCUT2D eigenvalue weighted by Gasteiger charge is 2.28. The van der Waals surface area contributed by atoms with Gasteiger partial charge in [-0.2, -0.15) is 0 Å². The molecule has 20 heavy (non-hydrogen) atoms. The molecule has 2 rings (SSSR count). The van der Waals surface area contributed by atoms with E-state index in [1.165, 1.54) is 0 Å². The first-order chi connectivity index (χ1) is 9.54. The average Bonchev–Trinajstić information content (AvgIpc) is 2.46. The zero-order valence-electron chi connectivity index (χ0n) is 12.1. The summed E-state index contributed by atoms with van der Waals surface area (Å²) in [7, 11) is 1.96.